The van der Waals surface area contributed by atoms with Gasteiger partial charge in [0.15, 0.2) is 0 Å². The molecule has 0 spiro atoms. The van der Waals surface area contributed by atoms with E-state index in [-0.39, 0.29) is 21.7 Å². The summed E-state index contributed by atoms with van der Waals surface area (Å²) >= 11 is 0. The van der Waals surface area contributed by atoms with Crippen molar-refractivity contribution in [1.82, 2.24) is 9.13 Å². The summed E-state index contributed by atoms with van der Waals surface area (Å²) in [7, 11) is 0. The molecule has 7 rings (SSSR count). The van der Waals surface area contributed by atoms with Crippen LogP contribution in [0, 0.1) is 11.3 Å². The summed E-state index contributed by atoms with van der Waals surface area (Å²) in [5.74, 6) is 0. The van der Waals surface area contributed by atoms with Crippen molar-refractivity contribution in [2.24, 2.45) is 0 Å². The zero-order valence-corrected chi connectivity index (χ0v) is 32.0. The third-order valence-electron chi connectivity index (χ3n) is 10.6. The Morgan fingerprint density at radius 2 is 0.660 bits per heavy atom. The average molecular weight is 658 g/mol. The van der Waals surface area contributed by atoms with E-state index in [2.05, 4.69) is 189 Å². The van der Waals surface area contributed by atoms with E-state index in [0.29, 0.717) is 5.56 Å². The van der Waals surface area contributed by atoms with Crippen molar-refractivity contribution in [1.29, 1.82) is 5.26 Å². The number of rotatable bonds is 2. The molecule has 0 atom stereocenters. The number of aromatic nitrogens is 2. The van der Waals surface area contributed by atoms with Crippen LogP contribution in [-0.4, -0.2) is 9.13 Å². The minimum absolute atomic E-state index is 0.0234. The predicted octanol–water partition coefficient (Wildman–Crippen LogP) is 12.9. The van der Waals surface area contributed by atoms with Gasteiger partial charge in [0.05, 0.1) is 33.4 Å². The molecule has 0 aliphatic rings. The standard InChI is InChI=1S/C47H51N3/c1-44(2,3)29-16-20-33-34-21-17-30(45(4,5)6)25-41(34)49(40(33)24-29)38-14-13-15-39(37(38)28-48)50-42-26-31(46(7,8)9)18-22-35(42)36-23-19-32(27-43(36)50)47(10,11)12/h13-27H,1-12H3. The molecular weight excluding hydrogens is 607 g/mol. The minimum Gasteiger partial charge on any atom is -0.308 e. The highest BCUT2D eigenvalue weighted by atomic mass is 15.0. The van der Waals surface area contributed by atoms with Crippen LogP contribution in [0.25, 0.3) is 55.0 Å². The van der Waals surface area contributed by atoms with Crippen LogP contribution in [0.15, 0.2) is 91.0 Å². The van der Waals surface area contributed by atoms with Crippen LogP contribution < -0.4 is 0 Å². The predicted molar refractivity (Wildman–Crippen MR) is 215 cm³/mol. The van der Waals surface area contributed by atoms with Gasteiger partial charge in [-0.3, -0.25) is 0 Å². The molecule has 0 amide bonds. The molecule has 0 unspecified atom stereocenters. The molecule has 0 aliphatic carbocycles. The van der Waals surface area contributed by atoms with Crippen LogP contribution in [0.4, 0.5) is 0 Å². The van der Waals surface area contributed by atoms with E-state index in [1.807, 2.05) is 0 Å². The maximum absolute atomic E-state index is 11.2. The molecule has 2 aromatic heterocycles. The average Bonchev–Trinajstić information content (AvgIpc) is 3.53. The molecule has 0 radical (unpaired) electrons. The smallest absolute Gasteiger partial charge is 0.104 e. The Morgan fingerprint density at radius 3 is 0.880 bits per heavy atom. The second kappa shape index (κ2) is 11.1. The lowest BCUT2D eigenvalue weighted by Gasteiger charge is -2.22. The monoisotopic (exact) mass is 657 g/mol. The Kier molecular flexibility index (Phi) is 7.47. The van der Waals surface area contributed by atoms with Crippen molar-refractivity contribution < 1.29 is 0 Å². The SMILES string of the molecule is CC(C)(C)c1ccc2c3ccc(C(C)(C)C)cc3n(-c3cccc(-n4c5cc(C(C)(C)C)ccc5c5ccc(C(C)(C)C)cc54)c3C#N)c2c1. The molecule has 0 bridgehead atoms. The van der Waals surface area contributed by atoms with Gasteiger partial charge >= 0.3 is 0 Å². The zero-order chi connectivity index (χ0) is 36.1. The highest BCUT2D eigenvalue weighted by Gasteiger charge is 2.25. The summed E-state index contributed by atoms with van der Waals surface area (Å²) in [6, 6.07) is 36.6. The largest absolute Gasteiger partial charge is 0.308 e. The van der Waals surface area contributed by atoms with Crippen LogP contribution in [0.1, 0.15) is 111 Å². The van der Waals surface area contributed by atoms with Crippen molar-refractivity contribution in [3.63, 3.8) is 0 Å². The van der Waals surface area contributed by atoms with Crippen LogP contribution in [0.3, 0.4) is 0 Å². The summed E-state index contributed by atoms with van der Waals surface area (Å²) < 4.78 is 4.71. The van der Waals surface area contributed by atoms with Gasteiger partial charge in [-0.15, -0.1) is 0 Å². The fourth-order valence-corrected chi connectivity index (χ4v) is 7.44. The highest BCUT2D eigenvalue weighted by molar-refractivity contribution is 6.11. The van der Waals surface area contributed by atoms with Crippen LogP contribution in [0.5, 0.6) is 0 Å². The topological polar surface area (TPSA) is 33.6 Å². The number of hydrogen-bond acceptors (Lipinski definition) is 1. The van der Waals surface area contributed by atoms with Gasteiger partial charge in [0.2, 0.25) is 0 Å². The Labute approximate surface area is 298 Å². The molecule has 2 heterocycles. The summed E-state index contributed by atoms with van der Waals surface area (Å²) in [4.78, 5) is 0. The van der Waals surface area contributed by atoms with E-state index >= 15 is 0 Å². The summed E-state index contributed by atoms with van der Waals surface area (Å²) in [6.07, 6.45) is 0. The quantitative estimate of drug-likeness (QED) is 0.182. The second-order valence-electron chi connectivity index (χ2n) is 18.4. The van der Waals surface area contributed by atoms with E-state index in [0.717, 1.165) is 33.4 Å². The first-order valence-electron chi connectivity index (χ1n) is 18.0. The van der Waals surface area contributed by atoms with E-state index < -0.39 is 0 Å². The lowest BCUT2D eigenvalue weighted by molar-refractivity contribution is 0.590. The third-order valence-corrected chi connectivity index (χ3v) is 10.6. The number of nitriles is 1. The minimum atomic E-state index is -0.0234. The first-order valence-corrected chi connectivity index (χ1v) is 18.0. The Morgan fingerprint density at radius 1 is 0.400 bits per heavy atom. The second-order valence-corrected chi connectivity index (χ2v) is 18.4. The van der Waals surface area contributed by atoms with Gasteiger partial charge in [-0.1, -0.05) is 138 Å². The first-order chi connectivity index (χ1) is 23.3. The lowest BCUT2D eigenvalue weighted by atomic mass is 9.86. The normalized spacial score (nSPS) is 13.2. The van der Waals surface area contributed by atoms with Gasteiger partial charge in [0.1, 0.15) is 11.6 Å². The number of benzene rings is 5. The molecule has 50 heavy (non-hydrogen) atoms. The first kappa shape index (κ1) is 33.7. The number of nitrogens with zero attached hydrogens (tertiary/aromatic N) is 3. The van der Waals surface area contributed by atoms with Crippen LogP contribution >= 0.6 is 0 Å². The zero-order valence-electron chi connectivity index (χ0n) is 32.0. The van der Waals surface area contributed by atoms with Gasteiger partial charge in [0, 0.05) is 21.5 Å². The Bertz CT molecular complexity index is 2210. The Balaban J connectivity index is 1.63. The van der Waals surface area contributed by atoms with E-state index in [9.17, 15) is 5.26 Å². The molecule has 5 aromatic carbocycles. The van der Waals surface area contributed by atoms with Crippen LogP contribution in [-0.2, 0) is 21.7 Å². The molecule has 0 fully saturated rings. The van der Waals surface area contributed by atoms with E-state index in [4.69, 9.17) is 0 Å². The van der Waals surface area contributed by atoms with Crippen LogP contribution in [0.2, 0.25) is 0 Å². The van der Waals surface area contributed by atoms with Crippen molar-refractivity contribution >= 4 is 43.6 Å². The Hall–Kier alpha value is -4.81. The van der Waals surface area contributed by atoms with E-state index in [1.165, 1.54) is 43.8 Å². The van der Waals surface area contributed by atoms with Crippen molar-refractivity contribution in [3.8, 4) is 17.4 Å². The lowest BCUT2D eigenvalue weighted by Crippen LogP contribution is -2.12. The number of hydrogen-bond donors (Lipinski definition) is 0. The van der Waals surface area contributed by atoms with Crippen molar-refractivity contribution in [3.05, 3.63) is 119 Å². The molecule has 7 aromatic rings. The maximum Gasteiger partial charge on any atom is 0.104 e. The number of fused-ring (bicyclic) bond motifs is 6. The van der Waals surface area contributed by atoms with Gasteiger partial charge in [0.25, 0.3) is 0 Å². The highest BCUT2D eigenvalue weighted by Crippen LogP contribution is 2.41. The molecular formula is C47H51N3. The summed E-state index contributed by atoms with van der Waals surface area (Å²) in [5.41, 5.74) is 11.9. The molecule has 0 saturated heterocycles. The summed E-state index contributed by atoms with van der Waals surface area (Å²) in [5, 5.41) is 16.0. The molecule has 3 nitrogen and oxygen atoms in total. The van der Waals surface area contributed by atoms with Gasteiger partial charge < -0.3 is 9.13 Å². The fraction of sp³-hybridized carbons (Fsp3) is 0.340. The van der Waals surface area contributed by atoms with Gasteiger partial charge in [-0.2, -0.15) is 5.26 Å². The van der Waals surface area contributed by atoms with Crippen molar-refractivity contribution in [2.75, 3.05) is 0 Å². The molecule has 0 saturated carbocycles. The van der Waals surface area contributed by atoms with Gasteiger partial charge in [-0.05, 0) is 80.3 Å². The van der Waals surface area contributed by atoms with Gasteiger partial charge in [-0.25, -0.2) is 0 Å². The maximum atomic E-state index is 11.2. The molecule has 0 aliphatic heterocycles. The van der Waals surface area contributed by atoms with E-state index in [1.54, 1.807) is 0 Å². The van der Waals surface area contributed by atoms with Crippen molar-refractivity contribution in [2.45, 2.75) is 105 Å². The fourth-order valence-electron chi connectivity index (χ4n) is 7.44. The molecule has 0 N–H and O–H groups in total. The molecule has 254 valence electrons. The molecule has 3 heteroatoms. The summed E-state index contributed by atoms with van der Waals surface area (Å²) in [6.45, 7) is 27.2. The third kappa shape index (κ3) is 5.41.